The van der Waals surface area contributed by atoms with E-state index in [9.17, 15) is 14.4 Å². The lowest BCUT2D eigenvalue weighted by atomic mass is 10.0. The minimum atomic E-state index is -0.547. The standard InChI is InChI=1S/C32H33N5O7.CH2O2/c1-20-4-5-21-14-28(20)42-19-30(38)33-16-22-6-7-23(15-29(22)41-2)43-26-10-13-36(18-25(26)35-31(21)39)32(40)27-9-8-24(44-27)17-37-12-3-11-34-37;2-1-3/h3-9,11-12,14-15,25-26H,10,13,16-19H2,1-2H3,(H,33,38)(H,35,39);1H,(H,2,3)/t25-,26+;/m0./s1. The zero-order valence-corrected chi connectivity index (χ0v) is 25.9. The molecule has 14 nitrogen and oxygen atoms in total. The summed E-state index contributed by atoms with van der Waals surface area (Å²) < 4.78 is 25.3. The van der Waals surface area contributed by atoms with Crippen LogP contribution in [0, 0.1) is 6.92 Å². The first-order valence-electron chi connectivity index (χ1n) is 14.9. The van der Waals surface area contributed by atoms with E-state index in [4.69, 9.17) is 28.5 Å². The third-order valence-electron chi connectivity index (χ3n) is 7.73. The molecule has 3 aliphatic rings. The lowest BCUT2D eigenvalue weighted by molar-refractivity contribution is -0.123. The molecule has 14 heteroatoms. The van der Waals surface area contributed by atoms with E-state index in [-0.39, 0.29) is 49.7 Å². The second kappa shape index (κ2) is 15.0. The molecule has 0 aliphatic carbocycles. The maximum absolute atomic E-state index is 13.5. The number of methoxy groups -OCH3 is 1. The second-order valence-electron chi connectivity index (χ2n) is 10.9. The van der Waals surface area contributed by atoms with Gasteiger partial charge in [0.25, 0.3) is 24.2 Å². The predicted molar refractivity (Wildman–Crippen MR) is 166 cm³/mol. The number of nitrogens with zero attached hydrogens (tertiary/aromatic N) is 3. The van der Waals surface area contributed by atoms with Crippen LogP contribution in [0.25, 0.3) is 0 Å². The van der Waals surface area contributed by atoms with Crippen molar-refractivity contribution in [2.75, 3.05) is 26.8 Å². The zero-order chi connectivity index (χ0) is 33.3. The number of aromatic nitrogens is 2. The molecule has 0 radical (unpaired) electrons. The number of furan rings is 1. The molecule has 0 spiro atoms. The fraction of sp³-hybridized carbons (Fsp3) is 0.303. The Balaban J connectivity index is 0.00000139. The Morgan fingerprint density at radius 3 is 2.77 bits per heavy atom. The van der Waals surface area contributed by atoms with Gasteiger partial charge in [0.15, 0.2) is 12.4 Å². The number of fused-ring (bicyclic) bond motifs is 7. The van der Waals surface area contributed by atoms with Crippen molar-refractivity contribution in [3.05, 3.63) is 95.2 Å². The van der Waals surface area contributed by atoms with Gasteiger partial charge in [0.1, 0.15) is 29.1 Å². The number of carboxylic acid groups (broad SMARTS) is 1. The number of hydrogen-bond donors (Lipinski definition) is 3. The van der Waals surface area contributed by atoms with Gasteiger partial charge in [0.05, 0.1) is 19.7 Å². The number of carbonyl (C=O) groups excluding carboxylic acids is 3. The van der Waals surface area contributed by atoms with Crippen molar-refractivity contribution in [3.63, 3.8) is 0 Å². The molecule has 47 heavy (non-hydrogen) atoms. The van der Waals surface area contributed by atoms with Gasteiger partial charge in [0, 0.05) is 55.6 Å². The van der Waals surface area contributed by atoms with Gasteiger partial charge in [-0.15, -0.1) is 0 Å². The highest BCUT2D eigenvalue weighted by molar-refractivity contribution is 5.95. The molecule has 3 amide bonds. The monoisotopic (exact) mass is 645 g/mol. The van der Waals surface area contributed by atoms with Crippen LogP contribution in [0.5, 0.6) is 17.2 Å². The summed E-state index contributed by atoms with van der Waals surface area (Å²) in [7, 11) is 1.55. The molecule has 4 bridgehead atoms. The van der Waals surface area contributed by atoms with Gasteiger partial charge in [-0.2, -0.15) is 5.10 Å². The molecule has 1 fully saturated rings. The van der Waals surface area contributed by atoms with E-state index in [1.54, 1.807) is 65.4 Å². The fourth-order valence-corrected chi connectivity index (χ4v) is 5.34. The molecule has 0 saturated carbocycles. The van der Waals surface area contributed by atoms with Crippen LogP contribution in [0.15, 0.2) is 71.4 Å². The van der Waals surface area contributed by atoms with Crippen LogP contribution < -0.4 is 24.8 Å². The minimum Gasteiger partial charge on any atom is -0.496 e. The Labute approximate surface area is 270 Å². The molecule has 2 atom stereocenters. The summed E-state index contributed by atoms with van der Waals surface area (Å²) in [6, 6.07) is 15.1. The summed E-state index contributed by atoms with van der Waals surface area (Å²) in [5, 5.41) is 17.0. The fourth-order valence-electron chi connectivity index (χ4n) is 5.34. The van der Waals surface area contributed by atoms with Crippen molar-refractivity contribution >= 4 is 24.2 Å². The minimum absolute atomic E-state index is 0.202. The number of nitrogens with one attached hydrogen (secondary N) is 2. The Morgan fingerprint density at radius 2 is 2.00 bits per heavy atom. The number of aryl methyl sites for hydroxylation is 1. The van der Waals surface area contributed by atoms with E-state index >= 15 is 0 Å². The second-order valence-corrected chi connectivity index (χ2v) is 10.9. The number of benzene rings is 2. The average Bonchev–Trinajstić information content (AvgIpc) is 3.77. The van der Waals surface area contributed by atoms with E-state index in [0.717, 1.165) is 11.1 Å². The Hall–Kier alpha value is -5.79. The lowest BCUT2D eigenvalue weighted by Crippen LogP contribution is -2.58. The molecule has 3 aliphatic heterocycles. The number of rotatable bonds is 4. The maximum atomic E-state index is 13.5. The highest BCUT2D eigenvalue weighted by Crippen LogP contribution is 2.28. The Kier molecular flexibility index (Phi) is 10.4. The maximum Gasteiger partial charge on any atom is 0.290 e. The van der Waals surface area contributed by atoms with E-state index in [0.29, 0.717) is 48.1 Å². The normalized spacial score (nSPS) is 17.8. The average molecular weight is 646 g/mol. The molecule has 5 heterocycles. The topological polar surface area (TPSA) is 174 Å². The third-order valence-corrected chi connectivity index (χ3v) is 7.73. The first kappa shape index (κ1) is 32.6. The molecule has 246 valence electrons. The van der Waals surface area contributed by atoms with Gasteiger partial charge in [-0.1, -0.05) is 6.07 Å². The number of hydrogen-bond acceptors (Lipinski definition) is 9. The van der Waals surface area contributed by atoms with Crippen LogP contribution >= 0.6 is 0 Å². The highest BCUT2D eigenvalue weighted by atomic mass is 16.5. The molecule has 1 saturated heterocycles. The number of carbonyl (C=O) groups is 4. The number of likely N-dealkylation sites (tertiary alicyclic amines) is 1. The number of piperidine rings is 1. The van der Waals surface area contributed by atoms with E-state index in [1.165, 1.54) is 0 Å². The highest BCUT2D eigenvalue weighted by Gasteiger charge is 2.36. The number of ether oxygens (including phenoxy) is 3. The largest absolute Gasteiger partial charge is 0.496 e. The molecule has 2 aromatic carbocycles. The van der Waals surface area contributed by atoms with Crippen molar-refractivity contribution < 1.29 is 42.9 Å². The molecule has 4 aromatic rings. The van der Waals surface area contributed by atoms with Crippen molar-refractivity contribution in [2.45, 2.75) is 38.6 Å². The molecule has 2 aromatic heterocycles. The summed E-state index contributed by atoms with van der Waals surface area (Å²) >= 11 is 0. The summed E-state index contributed by atoms with van der Waals surface area (Å²) in [6.07, 6.45) is 3.51. The molecule has 0 unspecified atom stereocenters. The van der Waals surface area contributed by atoms with Gasteiger partial charge in [-0.25, -0.2) is 0 Å². The van der Waals surface area contributed by atoms with E-state index in [1.807, 2.05) is 25.3 Å². The van der Waals surface area contributed by atoms with E-state index < -0.39 is 12.1 Å². The van der Waals surface area contributed by atoms with Crippen LogP contribution in [0.4, 0.5) is 0 Å². The number of amides is 3. The van der Waals surface area contributed by atoms with Gasteiger partial charge < -0.3 is 39.3 Å². The first-order chi connectivity index (χ1) is 22.8. The summed E-state index contributed by atoms with van der Waals surface area (Å²) in [4.78, 5) is 49.6. The Bertz CT molecular complexity index is 1720. The van der Waals surface area contributed by atoms with Crippen molar-refractivity contribution in [3.8, 4) is 17.2 Å². The lowest BCUT2D eigenvalue weighted by Gasteiger charge is -2.38. The van der Waals surface area contributed by atoms with Crippen LogP contribution in [0.1, 0.15) is 44.2 Å². The van der Waals surface area contributed by atoms with Gasteiger partial charge in [-0.3, -0.25) is 23.9 Å². The van der Waals surface area contributed by atoms with Crippen LogP contribution in [0.2, 0.25) is 0 Å². The van der Waals surface area contributed by atoms with Crippen LogP contribution in [-0.2, 0) is 22.7 Å². The van der Waals surface area contributed by atoms with Crippen molar-refractivity contribution in [1.82, 2.24) is 25.3 Å². The summed E-state index contributed by atoms with van der Waals surface area (Å²) in [5.74, 6) is 1.39. The summed E-state index contributed by atoms with van der Waals surface area (Å²) in [5.41, 5.74) is 1.91. The molecule has 7 rings (SSSR count). The van der Waals surface area contributed by atoms with Gasteiger partial charge in [0.2, 0.25) is 0 Å². The summed E-state index contributed by atoms with van der Waals surface area (Å²) in [6.45, 7) is 2.62. The third kappa shape index (κ3) is 8.09. The van der Waals surface area contributed by atoms with Gasteiger partial charge >= 0.3 is 0 Å². The zero-order valence-electron chi connectivity index (χ0n) is 25.9. The molecular formula is C33H35N5O9. The van der Waals surface area contributed by atoms with Gasteiger partial charge in [-0.05, 0) is 55.0 Å². The quantitative estimate of drug-likeness (QED) is 0.280. The van der Waals surface area contributed by atoms with Crippen LogP contribution in [0.3, 0.4) is 0 Å². The smallest absolute Gasteiger partial charge is 0.290 e. The van der Waals surface area contributed by atoms with Crippen LogP contribution in [-0.4, -0.2) is 82.9 Å². The molecule has 3 N–H and O–H groups in total. The predicted octanol–water partition coefficient (Wildman–Crippen LogP) is 2.64. The van der Waals surface area contributed by atoms with Crippen molar-refractivity contribution in [2.24, 2.45) is 0 Å². The Morgan fingerprint density at radius 1 is 1.17 bits per heavy atom. The molecular weight excluding hydrogens is 610 g/mol. The van der Waals surface area contributed by atoms with E-state index in [2.05, 4.69) is 15.7 Å². The first-order valence-corrected chi connectivity index (χ1v) is 14.9. The SMILES string of the molecule is COc1cc2ccc1CNC(=O)COc1cc(ccc1C)C(=O)N[C@H]1CN(C(=O)c3ccc(Cn4cccn4)o3)CC[C@H]1O2.O=CO. The van der Waals surface area contributed by atoms with Crippen molar-refractivity contribution in [1.29, 1.82) is 0 Å².